The Hall–Kier alpha value is -3.17. The monoisotopic (exact) mass is 557 g/mol. The first kappa shape index (κ1) is 26.4. The molecule has 0 saturated carbocycles. The fourth-order valence-corrected chi connectivity index (χ4v) is 5.46. The van der Waals surface area contributed by atoms with Crippen molar-refractivity contribution >= 4 is 43.5 Å². The first-order valence-corrected chi connectivity index (χ1v) is 13.3. The van der Waals surface area contributed by atoms with E-state index >= 15 is 0 Å². The van der Waals surface area contributed by atoms with Crippen molar-refractivity contribution in [1.29, 1.82) is 0 Å². The summed E-state index contributed by atoms with van der Waals surface area (Å²) >= 11 is 3.38. The zero-order valence-electron chi connectivity index (χ0n) is 19.8. The highest BCUT2D eigenvalue weighted by molar-refractivity contribution is 9.10. The second kappa shape index (κ2) is 11.5. The predicted octanol–water partition coefficient (Wildman–Crippen LogP) is 4.12. The summed E-state index contributed by atoms with van der Waals surface area (Å²) in [5.41, 5.74) is 2.17. The van der Waals surface area contributed by atoms with Crippen LogP contribution in [0.3, 0.4) is 0 Å². The van der Waals surface area contributed by atoms with Crippen LogP contribution in [0.4, 0.5) is 5.69 Å². The molecule has 0 aromatic heterocycles. The third kappa shape index (κ3) is 6.29. The van der Waals surface area contributed by atoms with Crippen LogP contribution in [0.5, 0.6) is 0 Å². The molecule has 1 N–H and O–H groups in total. The second-order valence-electron chi connectivity index (χ2n) is 8.04. The molecule has 2 amide bonds. The summed E-state index contributed by atoms with van der Waals surface area (Å²) in [6.07, 6.45) is 0. The van der Waals surface area contributed by atoms with E-state index in [9.17, 15) is 18.0 Å². The van der Waals surface area contributed by atoms with E-state index in [2.05, 4.69) is 21.2 Å². The molecule has 0 fully saturated rings. The van der Waals surface area contributed by atoms with E-state index in [0.717, 1.165) is 15.4 Å². The fraction of sp³-hybridized carbons (Fsp3) is 0.231. The van der Waals surface area contributed by atoms with Crippen LogP contribution in [0, 0.1) is 6.92 Å². The van der Waals surface area contributed by atoms with Crippen LogP contribution in [-0.4, -0.2) is 44.8 Å². The molecule has 3 rings (SSSR count). The van der Waals surface area contributed by atoms with Gasteiger partial charge in [0, 0.05) is 18.1 Å². The zero-order chi connectivity index (χ0) is 25.6. The molecule has 0 aliphatic carbocycles. The molecule has 0 aliphatic heterocycles. The van der Waals surface area contributed by atoms with Gasteiger partial charge in [-0.1, -0.05) is 64.5 Å². The number of hydrogen-bond donors (Lipinski definition) is 1. The summed E-state index contributed by atoms with van der Waals surface area (Å²) < 4.78 is 29.0. The molecular weight excluding hydrogens is 530 g/mol. The third-order valence-electron chi connectivity index (χ3n) is 5.72. The number of nitrogens with one attached hydrogen (secondary N) is 1. The Kier molecular flexibility index (Phi) is 8.69. The molecule has 0 bridgehead atoms. The van der Waals surface area contributed by atoms with Crippen LogP contribution >= 0.6 is 15.9 Å². The van der Waals surface area contributed by atoms with Gasteiger partial charge in [-0.05, 0) is 55.3 Å². The molecular formula is C26H28BrN3O4S. The molecule has 184 valence electrons. The number of benzene rings is 3. The van der Waals surface area contributed by atoms with Crippen molar-refractivity contribution in [2.75, 3.05) is 17.9 Å². The molecule has 7 nitrogen and oxygen atoms in total. The van der Waals surface area contributed by atoms with Crippen LogP contribution in [0.2, 0.25) is 0 Å². The Morgan fingerprint density at radius 1 is 0.971 bits per heavy atom. The number of nitrogens with zero attached hydrogens (tertiary/aromatic N) is 2. The average molecular weight is 558 g/mol. The number of carbonyl (C=O) groups is 2. The van der Waals surface area contributed by atoms with Crippen molar-refractivity contribution in [3.63, 3.8) is 0 Å². The minimum atomic E-state index is -4.07. The maximum absolute atomic E-state index is 13.7. The topological polar surface area (TPSA) is 86.8 Å². The van der Waals surface area contributed by atoms with Crippen LogP contribution < -0.4 is 9.62 Å². The second-order valence-corrected chi connectivity index (χ2v) is 10.8. The van der Waals surface area contributed by atoms with Crippen molar-refractivity contribution in [3.8, 4) is 0 Å². The molecule has 3 aromatic carbocycles. The van der Waals surface area contributed by atoms with Crippen molar-refractivity contribution in [2.24, 2.45) is 0 Å². The number of rotatable bonds is 9. The number of anilines is 1. The molecule has 35 heavy (non-hydrogen) atoms. The molecule has 0 spiro atoms. The molecule has 9 heteroatoms. The van der Waals surface area contributed by atoms with Gasteiger partial charge in [-0.2, -0.15) is 0 Å². The van der Waals surface area contributed by atoms with Gasteiger partial charge >= 0.3 is 0 Å². The smallest absolute Gasteiger partial charge is 0.264 e. The third-order valence-corrected chi connectivity index (χ3v) is 8.00. The summed E-state index contributed by atoms with van der Waals surface area (Å²) in [5.74, 6) is -0.837. The van der Waals surface area contributed by atoms with Crippen molar-refractivity contribution < 1.29 is 18.0 Å². The highest BCUT2D eigenvalue weighted by Crippen LogP contribution is 2.27. The van der Waals surface area contributed by atoms with Gasteiger partial charge in [0.2, 0.25) is 11.8 Å². The Balaban J connectivity index is 2.04. The van der Waals surface area contributed by atoms with Gasteiger partial charge in [-0.15, -0.1) is 0 Å². The van der Waals surface area contributed by atoms with Gasteiger partial charge in [-0.3, -0.25) is 13.9 Å². The Morgan fingerprint density at radius 3 is 2.26 bits per heavy atom. The van der Waals surface area contributed by atoms with Gasteiger partial charge < -0.3 is 10.2 Å². The summed E-state index contributed by atoms with van der Waals surface area (Å²) in [5, 5.41) is 2.58. The lowest BCUT2D eigenvalue weighted by atomic mass is 10.1. The van der Waals surface area contributed by atoms with Gasteiger partial charge in [0.05, 0.1) is 10.6 Å². The fourth-order valence-electron chi connectivity index (χ4n) is 3.64. The summed E-state index contributed by atoms with van der Waals surface area (Å²) in [6, 6.07) is 21.5. The van der Waals surface area contributed by atoms with E-state index in [-0.39, 0.29) is 17.3 Å². The summed E-state index contributed by atoms with van der Waals surface area (Å²) in [6.45, 7) is 3.25. The Morgan fingerprint density at radius 2 is 1.63 bits per heavy atom. The first-order chi connectivity index (χ1) is 16.6. The largest absolute Gasteiger partial charge is 0.357 e. The lowest BCUT2D eigenvalue weighted by Crippen LogP contribution is -2.50. The number of likely N-dealkylation sites (N-methyl/N-ethyl adjacent to an activating group) is 1. The van der Waals surface area contributed by atoms with Crippen molar-refractivity contribution in [3.05, 3.63) is 94.5 Å². The average Bonchev–Trinajstić information content (AvgIpc) is 2.86. The van der Waals surface area contributed by atoms with E-state index in [1.807, 2.05) is 31.2 Å². The van der Waals surface area contributed by atoms with Gasteiger partial charge in [0.25, 0.3) is 10.0 Å². The minimum absolute atomic E-state index is 0.0672. The van der Waals surface area contributed by atoms with Crippen LogP contribution in [0.25, 0.3) is 0 Å². The molecule has 0 saturated heterocycles. The molecule has 1 atom stereocenters. The highest BCUT2D eigenvalue weighted by atomic mass is 79.9. The van der Waals surface area contributed by atoms with E-state index in [4.69, 9.17) is 0 Å². The lowest BCUT2D eigenvalue weighted by Gasteiger charge is -2.32. The SMILES string of the molecule is CNC(=O)[C@H](C)N(Cc1ccccc1C)C(=O)CN(c1cccc(Br)c1)S(=O)(=O)c1ccccc1. The van der Waals surface area contributed by atoms with E-state index in [1.54, 1.807) is 49.4 Å². The quantitative estimate of drug-likeness (QED) is 0.428. The zero-order valence-corrected chi connectivity index (χ0v) is 22.2. The summed E-state index contributed by atoms with van der Waals surface area (Å²) in [4.78, 5) is 27.7. The molecule has 3 aromatic rings. The van der Waals surface area contributed by atoms with E-state index in [0.29, 0.717) is 10.2 Å². The first-order valence-electron chi connectivity index (χ1n) is 11.0. The van der Waals surface area contributed by atoms with Crippen molar-refractivity contribution in [1.82, 2.24) is 10.2 Å². The van der Waals surface area contributed by atoms with Crippen LogP contribution in [0.1, 0.15) is 18.1 Å². The maximum Gasteiger partial charge on any atom is 0.264 e. The van der Waals surface area contributed by atoms with Gasteiger partial charge in [0.1, 0.15) is 12.6 Å². The van der Waals surface area contributed by atoms with Crippen LogP contribution in [-0.2, 0) is 26.2 Å². The normalized spacial score (nSPS) is 12.0. The number of hydrogen-bond acceptors (Lipinski definition) is 4. The molecule has 0 aliphatic rings. The predicted molar refractivity (Wildman–Crippen MR) is 140 cm³/mol. The van der Waals surface area contributed by atoms with Crippen LogP contribution in [0.15, 0.2) is 88.2 Å². The molecule has 0 unspecified atom stereocenters. The standard InChI is InChI=1S/C26H28BrN3O4S/c1-19-10-7-8-11-21(19)17-29(20(2)26(32)28-3)25(31)18-30(23-13-9-12-22(27)16-23)35(33,34)24-14-5-4-6-15-24/h4-16,20H,17-18H2,1-3H3,(H,28,32)/t20-/m0/s1. The summed E-state index contributed by atoms with van der Waals surface area (Å²) in [7, 11) is -2.56. The molecule has 0 heterocycles. The molecule has 0 radical (unpaired) electrons. The van der Waals surface area contributed by atoms with Gasteiger partial charge in [0.15, 0.2) is 0 Å². The van der Waals surface area contributed by atoms with E-state index in [1.165, 1.54) is 24.1 Å². The number of aryl methyl sites for hydroxylation is 1. The number of sulfonamides is 1. The maximum atomic E-state index is 13.7. The highest BCUT2D eigenvalue weighted by Gasteiger charge is 2.32. The van der Waals surface area contributed by atoms with E-state index < -0.39 is 28.5 Å². The number of carbonyl (C=O) groups excluding carboxylic acids is 2. The Bertz CT molecular complexity index is 1300. The van der Waals surface area contributed by atoms with Crippen molar-refractivity contribution in [2.45, 2.75) is 31.3 Å². The van der Waals surface area contributed by atoms with Gasteiger partial charge in [-0.25, -0.2) is 8.42 Å². The minimum Gasteiger partial charge on any atom is -0.357 e. The Labute approximate surface area is 214 Å². The number of halogens is 1. The number of amides is 2. The lowest BCUT2D eigenvalue weighted by molar-refractivity contribution is -0.139.